The molecule has 0 radical (unpaired) electrons. The van der Waals surface area contributed by atoms with Gasteiger partial charge in [0.2, 0.25) is 6.23 Å². The van der Waals surface area contributed by atoms with Crippen molar-refractivity contribution in [2.75, 3.05) is 5.32 Å². The molecule has 0 aromatic heterocycles. The number of hydrogen-bond acceptors (Lipinski definition) is 3. The zero-order chi connectivity index (χ0) is 13.4. The Morgan fingerprint density at radius 2 is 2.11 bits per heavy atom. The first-order valence-corrected chi connectivity index (χ1v) is 6.25. The summed E-state index contributed by atoms with van der Waals surface area (Å²) in [6, 6.07) is 13.9. The van der Waals surface area contributed by atoms with Crippen molar-refractivity contribution in [3.8, 4) is 0 Å². The van der Waals surface area contributed by atoms with Crippen LogP contribution in [-0.2, 0) is 4.74 Å². The van der Waals surface area contributed by atoms with E-state index in [4.69, 9.17) is 27.9 Å². The fourth-order valence-electron chi connectivity index (χ4n) is 1.87. The normalized spacial score (nSPS) is 16.5. The van der Waals surface area contributed by atoms with Gasteiger partial charge in [-0.25, -0.2) is 4.79 Å². The molecule has 0 fully saturated rings. The monoisotopic (exact) mass is 291 g/mol. The van der Waals surface area contributed by atoms with E-state index in [1.165, 1.54) is 0 Å². The Labute approximate surface area is 120 Å². The summed E-state index contributed by atoms with van der Waals surface area (Å²) in [5, 5.41) is 4.09. The molecule has 0 aliphatic carbocycles. The first kappa shape index (κ1) is 12.2. The lowest BCUT2D eigenvalue weighted by atomic mass is 10.1. The van der Waals surface area contributed by atoms with Crippen LogP contribution in [0.25, 0.3) is 0 Å². The Balaban J connectivity index is 1.93. The molecule has 2 aromatic carbocycles. The average molecular weight is 292 g/mol. The molecule has 1 aliphatic rings. The highest BCUT2D eigenvalue weighted by Gasteiger charge is 2.31. The predicted molar refractivity (Wildman–Crippen MR) is 72.4 cm³/mol. The van der Waals surface area contributed by atoms with Crippen molar-refractivity contribution >= 4 is 34.9 Å². The van der Waals surface area contributed by atoms with Gasteiger partial charge in [-0.3, -0.25) is 0 Å². The predicted octanol–water partition coefficient (Wildman–Crippen LogP) is 3.87. The first-order valence-electron chi connectivity index (χ1n) is 5.50. The molecule has 0 spiro atoms. The Hall–Kier alpha value is -1.89. The second-order valence-corrected chi connectivity index (χ2v) is 4.83. The van der Waals surface area contributed by atoms with Gasteiger partial charge < -0.3 is 10.1 Å². The SMILES string of the molecule is O=C1O[C@H](Nc2cc(Cl)ccc2Cl)c2ccc#cc21. The van der Waals surface area contributed by atoms with Crippen LogP contribution in [0.4, 0.5) is 5.69 Å². The van der Waals surface area contributed by atoms with Gasteiger partial charge in [-0.1, -0.05) is 35.3 Å². The van der Waals surface area contributed by atoms with E-state index in [1.54, 1.807) is 30.3 Å². The smallest absolute Gasteiger partial charge is 0.349 e. The summed E-state index contributed by atoms with van der Waals surface area (Å²) in [5.41, 5.74) is 1.70. The maximum absolute atomic E-state index is 11.6. The number of rotatable bonds is 2. The highest BCUT2D eigenvalue weighted by atomic mass is 35.5. The zero-order valence-electron chi connectivity index (χ0n) is 9.54. The van der Waals surface area contributed by atoms with Crippen molar-refractivity contribution in [2.45, 2.75) is 6.23 Å². The minimum absolute atomic E-state index is 0.387. The van der Waals surface area contributed by atoms with Gasteiger partial charge in [0.05, 0.1) is 10.7 Å². The van der Waals surface area contributed by atoms with Crippen LogP contribution in [0.15, 0.2) is 30.3 Å². The number of carbonyl (C=O) groups is 1. The number of fused-ring (bicyclic) bond motifs is 1. The molecule has 0 unspecified atom stereocenters. The van der Waals surface area contributed by atoms with Crippen molar-refractivity contribution in [3.05, 3.63) is 63.6 Å². The fraction of sp³-hybridized carbons (Fsp3) is 0.0714. The summed E-state index contributed by atoms with van der Waals surface area (Å²) in [6.07, 6.45) is -0.593. The van der Waals surface area contributed by atoms with Crippen LogP contribution in [-0.4, -0.2) is 5.97 Å². The third-order valence-corrected chi connectivity index (χ3v) is 3.32. The van der Waals surface area contributed by atoms with Gasteiger partial charge in [-0.2, -0.15) is 0 Å². The van der Waals surface area contributed by atoms with Gasteiger partial charge in [0, 0.05) is 10.6 Å². The first-order chi connectivity index (χ1) is 9.15. The number of cyclic esters (lactones) is 1. The van der Waals surface area contributed by atoms with Gasteiger partial charge >= 0.3 is 5.97 Å². The Bertz CT molecular complexity index is 658. The van der Waals surface area contributed by atoms with Crippen LogP contribution in [0.2, 0.25) is 10.0 Å². The standard InChI is InChI=1S/C14H7Cl2NO2/c15-8-5-6-11(16)12(7-8)17-13-9-3-1-2-4-10(9)14(18)19-13/h1,3,5-7,13,17H/t13-/m0/s1. The number of esters is 1. The second kappa shape index (κ2) is 4.65. The van der Waals surface area contributed by atoms with Gasteiger partial charge in [-0.15, -0.1) is 0 Å². The van der Waals surface area contributed by atoms with Crippen LogP contribution >= 0.6 is 23.2 Å². The highest BCUT2D eigenvalue weighted by molar-refractivity contribution is 6.35. The molecular formula is C14H7Cl2NO2. The van der Waals surface area contributed by atoms with Crippen LogP contribution in [0.5, 0.6) is 0 Å². The lowest BCUT2D eigenvalue weighted by Crippen LogP contribution is -2.10. The lowest BCUT2D eigenvalue weighted by Gasteiger charge is -2.15. The van der Waals surface area contributed by atoms with E-state index in [0.717, 1.165) is 0 Å². The van der Waals surface area contributed by atoms with Gasteiger partial charge in [0.25, 0.3) is 0 Å². The number of halogens is 2. The summed E-state index contributed by atoms with van der Waals surface area (Å²) in [5.74, 6) is -0.428. The van der Waals surface area contributed by atoms with Crippen molar-refractivity contribution in [3.63, 3.8) is 0 Å². The molecule has 0 saturated carbocycles. The quantitative estimate of drug-likeness (QED) is 0.854. The molecule has 1 atom stereocenters. The van der Waals surface area contributed by atoms with Crippen LogP contribution in [0, 0.1) is 12.1 Å². The molecule has 0 amide bonds. The Morgan fingerprint density at radius 3 is 2.95 bits per heavy atom. The van der Waals surface area contributed by atoms with E-state index in [2.05, 4.69) is 17.4 Å². The highest BCUT2D eigenvalue weighted by Crippen LogP contribution is 2.33. The van der Waals surface area contributed by atoms with Gasteiger partial charge in [0.15, 0.2) is 0 Å². The third-order valence-electron chi connectivity index (χ3n) is 2.76. The molecule has 19 heavy (non-hydrogen) atoms. The molecule has 1 aliphatic heterocycles. The van der Waals surface area contributed by atoms with E-state index >= 15 is 0 Å². The molecule has 5 heteroatoms. The molecule has 2 aromatic rings. The summed E-state index contributed by atoms with van der Waals surface area (Å²) < 4.78 is 5.23. The molecule has 94 valence electrons. The van der Waals surface area contributed by atoms with E-state index in [1.807, 2.05) is 0 Å². The van der Waals surface area contributed by atoms with E-state index < -0.39 is 12.2 Å². The van der Waals surface area contributed by atoms with E-state index in [0.29, 0.717) is 26.9 Å². The van der Waals surface area contributed by atoms with Crippen LogP contribution in [0.1, 0.15) is 22.1 Å². The number of hydrogen-bond donors (Lipinski definition) is 1. The summed E-state index contributed by atoms with van der Waals surface area (Å²) in [4.78, 5) is 11.6. The minimum atomic E-state index is -0.593. The number of benzene rings is 1. The van der Waals surface area contributed by atoms with Crippen molar-refractivity contribution < 1.29 is 9.53 Å². The van der Waals surface area contributed by atoms with Crippen molar-refractivity contribution in [2.24, 2.45) is 0 Å². The van der Waals surface area contributed by atoms with E-state index in [9.17, 15) is 4.79 Å². The summed E-state index contributed by atoms with van der Waals surface area (Å²) in [6.45, 7) is 0. The maximum atomic E-state index is 11.6. The van der Waals surface area contributed by atoms with E-state index in [-0.39, 0.29) is 0 Å². The van der Waals surface area contributed by atoms with Crippen LogP contribution in [0.3, 0.4) is 0 Å². The van der Waals surface area contributed by atoms with Crippen molar-refractivity contribution in [1.29, 1.82) is 0 Å². The molecule has 3 nitrogen and oxygen atoms in total. The topological polar surface area (TPSA) is 38.3 Å². The summed E-state index contributed by atoms with van der Waals surface area (Å²) in [7, 11) is 0. The van der Waals surface area contributed by atoms with Crippen molar-refractivity contribution in [1.82, 2.24) is 0 Å². The summed E-state index contributed by atoms with van der Waals surface area (Å²) >= 11 is 12.0. The van der Waals surface area contributed by atoms with Gasteiger partial charge in [-0.05, 0) is 30.3 Å². The fourth-order valence-corrected chi connectivity index (χ4v) is 2.22. The molecule has 0 bridgehead atoms. The minimum Gasteiger partial charge on any atom is -0.433 e. The molecular weight excluding hydrogens is 285 g/mol. The number of anilines is 1. The maximum Gasteiger partial charge on any atom is 0.349 e. The zero-order valence-corrected chi connectivity index (χ0v) is 11.0. The Kier molecular flexibility index (Phi) is 2.98. The second-order valence-electron chi connectivity index (χ2n) is 3.99. The lowest BCUT2D eigenvalue weighted by molar-refractivity contribution is 0.0437. The number of ether oxygens (including phenoxy) is 1. The number of carbonyl (C=O) groups excluding carboxylic acids is 1. The average Bonchev–Trinajstić information content (AvgIpc) is 2.72. The molecule has 1 N–H and O–H groups in total. The largest absolute Gasteiger partial charge is 0.433 e. The third kappa shape index (κ3) is 2.21. The Morgan fingerprint density at radius 1 is 1.26 bits per heavy atom. The molecule has 3 rings (SSSR count). The van der Waals surface area contributed by atoms with Crippen LogP contribution < -0.4 is 5.32 Å². The molecule has 1 heterocycles. The van der Waals surface area contributed by atoms with Gasteiger partial charge in [0.1, 0.15) is 5.56 Å². The number of nitrogens with one attached hydrogen (secondary N) is 1. The molecule has 0 saturated heterocycles.